The van der Waals surface area contributed by atoms with Crippen molar-refractivity contribution in [2.45, 2.75) is 33.8 Å². The zero-order valence-electron chi connectivity index (χ0n) is 15.4. The fourth-order valence-electron chi connectivity index (χ4n) is 3.21. The van der Waals surface area contributed by atoms with Crippen LogP contribution in [0.25, 0.3) is 0 Å². The van der Waals surface area contributed by atoms with Crippen molar-refractivity contribution in [1.82, 2.24) is 0 Å². The van der Waals surface area contributed by atoms with E-state index in [9.17, 15) is 17.6 Å². The van der Waals surface area contributed by atoms with Gasteiger partial charge in [-0.3, -0.25) is 4.79 Å². The molecule has 148 valence electrons. The Hall–Kier alpha value is -2.40. The summed E-state index contributed by atoms with van der Waals surface area (Å²) in [4.78, 5) is 8.36. The monoisotopic (exact) mass is 387 g/mol. The van der Waals surface area contributed by atoms with E-state index in [0.29, 0.717) is 5.57 Å². The molecule has 0 aliphatic heterocycles. The van der Waals surface area contributed by atoms with E-state index in [4.69, 9.17) is 15.2 Å². The van der Waals surface area contributed by atoms with Crippen LogP contribution in [0.4, 0.5) is 17.6 Å². The maximum atomic E-state index is 14.2. The predicted octanol–water partition coefficient (Wildman–Crippen LogP) is 4.37. The maximum absolute atomic E-state index is 14.2. The molecular weight excluding hydrogens is 366 g/mol. The van der Waals surface area contributed by atoms with E-state index in [1.54, 1.807) is 13.0 Å². The van der Waals surface area contributed by atoms with E-state index in [1.165, 1.54) is 7.11 Å². The van der Waals surface area contributed by atoms with E-state index < -0.39 is 41.0 Å². The van der Waals surface area contributed by atoms with Crippen molar-refractivity contribution in [1.29, 1.82) is 5.26 Å². The number of carboxylic acid groups (broad SMARTS) is 1. The fraction of sp³-hybridized carbons (Fsp3) is 0.474. The number of ether oxygens (including phenoxy) is 1. The molecule has 8 heteroatoms. The Balaban J connectivity index is 0.00000114. The van der Waals surface area contributed by atoms with Gasteiger partial charge in [0.05, 0.1) is 18.2 Å². The number of rotatable bonds is 5. The Bertz CT molecular complexity index is 755. The molecule has 0 spiro atoms. The minimum atomic E-state index is -1.41. The van der Waals surface area contributed by atoms with E-state index in [2.05, 4.69) is 4.74 Å². The molecule has 0 saturated heterocycles. The molecule has 4 nitrogen and oxygen atoms in total. The SMILES string of the molecule is COCc1c(F)c(F)c(CC2C(C=C(C)C#N)C2(C)C)c(F)c1F.O=CO. The lowest BCUT2D eigenvalue weighted by Crippen LogP contribution is -2.11. The molecule has 0 radical (unpaired) electrons. The second kappa shape index (κ2) is 9.00. The number of allylic oxidation sites excluding steroid dienone is 2. The van der Waals surface area contributed by atoms with Crippen molar-refractivity contribution in [3.05, 3.63) is 46.0 Å². The molecule has 2 rings (SSSR count). The number of nitrogens with zero attached hydrogens (tertiary/aromatic N) is 1. The summed E-state index contributed by atoms with van der Waals surface area (Å²) in [5.74, 6) is -5.83. The third-order valence-corrected chi connectivity index (χ3v) is 4.90. The number of nitriles is 1. The van der Waals surface area contributed by atoms with Gasteiger partial charge in [0.2, 0.25) is 0 Å². The second-order valence-electron chi connectivity index (χ2n) is 6.87. The number of hydrogen-bond acceptors (Lipinski definition) is 3. The summed E-state index contributed by atoms with van der Waals surface area (Å²) in [5, 5.41) is 15.7. The minimum Gasteiger partial charge on any atom is -0.483 e. The van der Waals surface area contributed by atoms with Crippen molar-refractivity contribution >= 4 is 6.47 Å². The highest BCUT2D eigenvalue weighted by atomic mass is 19.2. The molecule has 1 aromatic carbocycles. The molecule has 2 unspecified atom stereocenters. The van der Waals surface area contributed by atoms with Crippen LogP contribution >= 0.6 is 0 Å². The molecule has 0 heterocycles. The number of benzene rings is 1. The van der Waals surface area contributed by atoms with Gasteiger partial charge in [0.15, 0.2) is 23.3 Å². The molecule has 0 aromatic heterocycles. The first kappa shape index (κ1) is 22.6. The number of methoxy groups -OCH3 is 1. The fourth-order valence-corrected chi connectivity index (χ4v) is 3.21. The summed E-state index contributed by atoms with van der Waals surface area (Å²) in [5.41, 5.74) is -1.13. The van der Waals surface area contributed by atoms with Crippen LogP contribution in [0, 0.1) is 51.9 Å². The van der Waals surface area contributed by atoms with Crippen LogP contribution < -0.4 is 0 Å². The largest absolute Gasteiger partial charge is 0.483 e. The van der Waals surface area contributed by atoms with Crippen LogP contribution in [0.5, 0.6) is 0 Å². The predicted molar refractivity (Wildman–Crippen MR) is 89.5 cm³/mol. The zero-order chi connectivity index (χ0) is 20.9. The van der Waals surface area contributed by atoms with Crippen LogP contribution in [0.3, 0.4) is 0 Å². The average Bonchev–Trinajstić information content (AvgIpc) is 3.13. The normalized spacial score (nSPS) is 20.3. The maximum Gasteiger partial charge on any atom is 0.290 e. The van der Waals surface area contributed by atoms with Crippen molar-refractivity contribution in [3.8, 4) is 6.07 Å². The lowest BCUT2D eigenvalue weighted by molar-refractivity contribution is -0.122. The Morgan fingerprint density at radius 1 is 1.19 bits per heavy atom. The van der Waals surface area contributed by atoms with Gasteiger partial charge in [0.1, 0.15) is 0 Å². The van der Waals surface area contributed by atoms with E-state index in [-0.39, 0.29) is 30.1 Å². The minimum absolute atomic E-state index is 0.0688. The van der Waals surface area contributed by atoms with Gasteiger partial charge in [0, 0.05) is 18.2 Å². The van der Waals surface area contributed by atoms with Gasteiger partial charge in [-0.1, -0.05) is 19.9 Å². The molecule has 27 heavy (non-hydrogen) atoms. The molecular formula is C19H21F4NO3. The lowest BCUT2D eigenvalue weighted by atomic mass is 9.99. The van der Waals surface area contributed by atoms with Crippen LogP contribution in [0.1, 0.15) is 31.9 Å². The van der Waals surface area contributed by atoms with Gasteiger partial charge >= 0.3 is 0 Å². The zero-order valence-corrected chi connectivity index (χ0v) is 15.4. The highest BCUT2D eigenvalue weighted by Crippen LogP contribution is 2.60. The average molecular weight is 387 g/mol. The third-order valence-electron chi connectivity index (χ3n) is 4.90. The van der Waals surface area contributed by atoms with Gasteiger partial charge in [-0.05, 0) is 30.6 Å². The van der Waals surface area contributed by atoms with Crippen LogP contribution in [-0.4, -0.2) is 18.7 Å². The number of carbonyl (C=O) groups is 1. The van der Waals surface area contributed by atoms with Crippen molar-refractivity contribution in [2.24, 2.45) is 17.3 Å². The molecule has 1 aromatic rings. The number of hydrogen-bond donors (Lipinski definition) is 1. The van der Waals surface area contributed by atoms with Gasteiger partial charge < -0.3 is 9.84 Å². The second-order valence-corrected chi connectivity index (χ2v) is 6.87. The Kier molecular flexibility index (Phi) is 7.55. The molecule has 1 saturated carbocycles. The quantitative estimate of drug-likeness (QED) is 0.352. The Morgan fingerprint density at radius 3 is 2.04 bits per heavy atom. The van der Waals surface area contributed by atoms with Crippen molar-refractivity contribution in [3.63, 3.8) is 0 Å². The summed E-state index contributed by atoms with van der Waals surface area (Å²) >= 11 is 0. The first-order valence-corrected chi connectivity index (χ1v) is 8.07. The highest BCUT2D eigenvalue weighted by molar-refractivity contribution is 5.33. The molecule has 1 N–H and O–H groups in total. The first-order valence-electron chi connectivity index (χ1n) is 8.07. The Morgan fingerprint density at radius 2 is 1.63 bits per heavy atom. The van der Waals surface area contributed by atoms with E-state index in [0.717, 1.165) is 0 Å². The van der Waals surface area contributed by atoms with Gasteiger partial charge in [-0.2, -0.15) is 5.26 Å². The summed E-state index contributed by atoms with van der Waals surface area (Å²) < 4.78 is 61.0. The van der Waals surface area contributed by atoms with E-state index in [1.807, 2.05) is 19.9 Å². The molecule has 1 fully saturated rings. The Labute approximate surface area is 155 Å². The molecule has 0 bridgehead atoms. The van der Waals surface area contributed by atoms with E-state index >= 15 is 0 Å². The van der Waals surface area contributed by atoms with Gasteiger partial charge in [0.25, 0.3) is 6.47 Å². The summed E-state index contributed by atoms with van der Waals surface area (Å²) in [6.45, 7) is 4.63. The van der Waals surface area contributed by atoms with Gasteiger partial charge in [-0.25, -0.2) is 17.6 Å². The van der Waals surface area contributed by atoms with Crippen molar-refractivity contribution < 1.29 is 32.2 Å². The summed E-state index contributed by atoms with van der Waals surface area (Å²) in [6.07, 6.45) is 1.61. The summed E-state index contributed by atoms with van der Waals surface area (Å²) in [7, 11) is 1.18. The smallest absolute Gasteiger partial charge is 0.290 e. The standard InChI is InChI=1S/C18H19F4NO.CH2O2/c1-9(7-23)5-12-13(18(12,2)3)6-10-14(19)16(21)11(8-24-4)17(22)15(10)20;2-1-3/h5,12-13H,6,8H2,1-4H3;1H,(H,2,3). The molecule has 1 aliphatic carbocycles. The van der Waals surface area contributed by atoms with Crippen molar-refractivity contribution in [2.75, 3.05) is 7.11 Å². The van der Waals surface area contributed by atoms with Crippen LogP contribution in [-0.2, 0) is 22.6 Å². The molecule has 1 aliphatic rings. The van der Waals surface area contributed by atoms with Gasteiger partial charge in [-0.15, -0.1) is 0 Å². The highest BCUT2D eigenvalue weighted by Gasteiger charge is 2.56. The topological polar surface area (TPSA) is 70.3 Å². The lowest BCUT2D eigenvalue weighted by Gasteiger charge is -2.12. The molecule has 2 atom stereocenters. The van der Waals surface area contributed by atoms with Crippen LogP contribution in [0.2, 0.25) is 0 Å². The third kappa shape index (κ3) is 4.66. The van der Waals surface area contributed by atoms with Crippen LogP contribution in [0.15, 0.2) is 11.6 Å². The number of halogens is 4. The first-order chi connectivity index (χ1) is 12.6. The summed E-state index contributed by atoms with van der Waals surface area (Å²) in [6, 6.07) is 2.00. The molecule has 0 amide bonds.